The van der Waals surface area contributed by atoms with Crippen LogP contribution in [0, 0.1) is 17.7 Å². The van der Waals surface area contributed by atoms with Gasteiger partial charge in [0.2, 0.25) is 0 Å². The first kappa shape index (κ1) is 12.3. The molecule has 1 aromatic heterocycles. The molecule has 2 aromatic carbocycles. The number of amides is 1. The van der Waals surface area contributed by atoms with E-state index in [9.17, 15) is 13.6 Å². The molecule has 0 aliphatic carbocycles. The second-order valence-electron chi connectivity index (χ2n) is 4.19. The van der Waals surface area contributed by atoms with Crippen LogP contribution in [-0.4, -0.2) is 15.8 Å². The number of carbonyl (C=O) groups is 1. The average Bonchev–Trinajstić information content (AvgIpc) is 2.77. The summed E-state index contributed by atoms with van der Waals surface area (Å²) in [4.78, 5) is 11.4. The summed E-state index contributed by atoms with van der Waals surface area (Å²) in [5.41, 5.74) is 6.23. The number of fused-ring (bicyclic) bond motifs is 1. The number of primary amides is 1. The first-order valence-electron chi connectivity index (χ1n) is 5.72. The van der Waals surface area contributed by atoms with E-state index in [1.54, 1.807) is 6.07 Å². The van der Waals surface area contributed by atoms with Crippen LogP contribution in [0.15, 0.2) is 36.4 Å². The highest BCUT2D eigenvalue weighted by Crippen LogP contribution is 2.28. The summed E-state index contributed by atoms with van der Waals surface area (Å²) < 4.78 is 27.4. The van der Waals surface area contributed by atoms with E-state index in [0.717, 1.165) is 10.7 Å². The number of aromatic nitrogens is 2. The quantitative estimate of drug-likeness (QED) is 0.740. The van der Waals surface area contributed by atoms with Crippen LogP contribution >= 0.6 is 0 Å². The molecule has 6 heteroatoms. The number of hydrogen-bond acceptors (Lipinski definition) is 2. The highest BCUT2D eigenvalue weighted by Gasteiger charge is 2.16. The molecule has 3 aromatic rings. The maximum Gasteiger partial charge on any atom is 0.340 e. The highest BCUT2D eigenvalue weighted by atomic mass is 19.1. The molecule has 1 heterocycles. The lowest BCUT2D eigenvalue weighted by Crippen LogP contribution is -2.20. The van der Waals surface area contributed by atoms with Crippen molar-refractivity contribution in [2.45, 2.75) is 0 Å². The predicted molar refractivity (Wildman–Crippen MR) is 68.9 cm³/mol. The molecule has 1 amide bonds. The Kier molecular flexibility index (Phi) is 2.71. The summed E-state index contributed by atoms with van der Waals surface area (Å²) in [6.45, 7) is 0. The fourth-order valence-corrected chi connectivity index (χ4v) is 2.04. The van der Waals surface area contributed by atoms with E-state index in [0.29, 0.717) is 16.6 Å². The summed E-state index contributed by atoms with van der Waals surface area (Å²) in [5, 5.41) is 4.50. The number of nitrogens with zero attached hydrogens (tertiary/aromatic N) is 2. The van der Waals surface area contributed by atoms with Crippen LogP contribution < -0.4 is 5.73 Å². The van der Waals surface area contributed by atoms with Gasteiger partial charge in [-0.05, 0) is 18.2 Å². The van der Waals surface area contributed by atoms with E-state index < -0.39 is 17.7 Å². The summed E-state index contributed by atoms with van der Waals surface area (Å²) in [6.07, 6.45) is 0. The van der Waals surface area contributed by atoms with Crippen LogP contribution in [0.25, 0.3) is 22.2 Å². The molecule has 0 saturated carbocycles. The summed E-state index contributed by atoms with van der Waals surface area (Å²) in [7, 11) is 0. The van der Waals surface area contributed by atoms with Gasteiger partial charge in [-0.3, -0.25) is 0 Å². The van der Waals surface area contributed by atoms with Crippen molar-refractivity contribution in [2.75, 3.05) is 0 Å². The van der Waals surface area contributed by atoms with Crippen molar-refractivity contribution in [3.63, 3.8) is 0 Å². The molecule has 0 spiro atoms. The van der Waals surface area contributed by atoms with Crippen molar-refractivity contribution >= 4 is 16.9 Å². The number of nitrogens with two attached hydrogens (primary N) is 1. The van der Waals surface area contributed by atoms with Crippen molar-refractivity contribution < 1.29 is 13.6 Å². The molecule has 2 N–H and O–H groups in total. The zero-order valence-electron chi connectivity index (χ0n) is 10.1. The average molecular weight is 272 g/mol. The first-order chi connectivity index (χ1) is 9.56. The largest absolute Gasteiger partial charge is 0.350 e. The molecule has 0 unspecified atom stereocenters. The Bertz CT molecular complexity index is 826. The number of carbonyl (C=O) groups excluding carboxylic acids is 1. The van der Waals surface area contributed by atoms with Crippen LogP contribution in [0.3, 0.4) is 0 Å². The van der Waals surface area contributed by atoms with Gasteiger partial charge in [0.1, 0.15) is 17.3 Å². The topological polar surface area (TPSA) is 60.9 Å². The second kappa shape index (κ2) is 4.41. The number of rotatable bonds is 1. The normalized spacial score (nSPS) is 10.9. The van der Waals surface area contributed by atoms with Gasteiger partial charge in [-0.2, -0.15) is 9.78 Å². The molecular weight excluding hydrogens is 264 g/mol. The minimum atomic E-state index is -0.844. The van der Waals surface area contributed by atoms with E-state index >= 15 is 0 Å². The molecule has 99 valence electrons. The Morgan fingerprint density at radius 3 is 2.80 bits per heavy atom. The fraction of sp³-hybridized carbons (Fsp3) is 0. The van der Waals surface area contributed by atoms with Crippen LogP contribution in [0.1, 0.15) is 0 Å². The van der Waals surface area contributed by atoms with Gasteiger partial charge in [-0.15, -0.1) is 0 Å². The Morgan fingerprint density at radius 2 is 2.10 bits per heavy atom. The van der Waals surface area contributed by atoms with Gasteiger partial charge in [0.25, 0.3) is 0 Å². The molecule has 0 aliphatic rings. The van der Waals surface area contributed by atoms with Crippen molar-refractivity contribution in [3.8, 4) is 11.3 Å². The summed E-state index contributed by atoms with van der Waals surface area (Å²) >= 11 is 0. The minimum absolute atomic E-state index is 0.216. The van der Waals surface area contributed by atoms with Gasteiger partial charge >= 0.3 is 6.03 Å². The molecule has 20 heavy (non-hydrogen) atoms. The molecule has 0 atom stereocenters. The van der Waals surface area contributed by atoms with Crippen molar-refractivity contribution in [1.82, 2.24) is 9.78 Å². The van der Waals surface area contributed by atoms with Gasteiger partial charge in [0, 0.05) is 23.1 Å². The van der Waals surface area contributed by atoms with Gasteiger partial charge in [0.15, 0.2) is 0 Å². The monoisotopic (exact) mass is 272 g/mol. The van der Waals surface area contributed by atoms with Crippen LogP contribution in [0.2, 0.25) is 0 Å². The van der Waals surface area contributed by atoms with Gasteiger partial charge in [-0.1, -0.05) is 12.1 Å². The van der Waals surface area contributed by atoms with Gasteiger partial charge in [0.05, 0.1) is 5.52 Å². The third-order valence-electron chi connectivity index (χ3n) is 2.88. The second-order valence-corrected chi connectivity index (χ2v) is 4.19. The minimum Gasteiger partial charge on any atom is -0.350 e. The SMILES string of the molecule is NC(=O)n1nc(-c2cccc(F)c2)c2c[c]c(F)cc21. The van der Waals surface area contributed by atoms with Crippen LogP contribution in [0.4, 0.5) is 13.6 Å². The Hall–Kier alpha value is -2.76. The lowest BCUT2D eigenvalue weighted by atomic mass is 10.1. The van der Waals surface area contributed by atoms with E-state index in [4.69, 9.17) is 5.73 Å². The van der Waals surface area contributed by atoms with Crippen molar-refractivity contribution in [3.05, 3.63) is 54.1 Å². The van der Waals surface area contributed by atoms with E-state index in [2.05, 4.69) is 11.2 Å². The lowest BCUT2D eigenvalue weighted by molar-refractivity contribution is 0.248. The highest BCUT2D eigenvalue weighted by molar-refractivity contribution is 5.98. The Morgan fingerprint density at radius 1 is 1.30 bits per heavy atom. The van der Waals surface area contributed by atoms with E-state index in [-0.39, 0.29) is 5.52 Å². The maximum absolute atomic E-state index is 13.3. The van der Waals surface area contributed by atoms with Crippen molar-refractivity contribution in [1.29, 1.82) is 0 Å². The molecule has 0 fully saturated rings. The fourth-order valence-electron chi connectivity index (χ4n) is 2.04. The van der Waals surface area contributed by atoms with Gasteiger partial charge < -0.3 is 5.73 Å². The smallest absolute Gasteiger partial charge is 0.340 e. The molecule has 0 saturated heterocycles. The molecular formula is C14H8F2N3O. The van der Waals surface area contributed by atoms with Gasteiger partial charge in [-0.25, -0.2) is 13.6 Å². The standard InChI is InChI=1S/C14H8F2N3O/c15-9-3-1-2-8(6-9)13-11-5-4-10(16)7-12(11)19(18-13)14(17)20/h1-3,5-7H,(H2,17,20). The van der Waals surface area contributed by atoms with Crippen molar-refractivity contribution in [2.24, 2.45) is 5.73 Å². The third kappa shape index (κ3) is 1.91. The van der Waals surface area contributed by atoms with E-state index in [1.807, 2.05) is 0 Å². The molecule has 1 radical (unpaired) electrons. The first-order valence-corrected chi connectivity index (χ1v) is 5.72. The van der Waals surface area contributed by atoms with Crippen LogP contribution in [0.5, 0.6) is 0 Å². The third-order valence-corrected chi connectivity index (χ3v) is 2.88. The number of halogens is 2. The summed E-state index contributed by atoms with van der Waals surface area (Å²) in [5.74, 6) is -1.07. The number of benzene rings is 2. The molecule has 3 rings (SSSR count). The Balaban J connectivity index is 2.34. The zero-order valence-corrected chi connectivity index (χ0v) is 10.1. The molecule has 4 nitrogen and oxygen atoms in total. The predicted octanol–water partition coefficient (Wildman–Crippen LogP) is 2.71. The van der Waals surface area contributed by atoms with E-state index in [1.165, 1.54) is 24.3 Å². The summed E-state index contributed by atoms with van der Waals surface area (Å²) in [6, 6.07) is 9.73. The lowest BCUT2D eigenvalue weighted by Gasteiger charge is -1.97. The molecule has 0 aliphatic heterocycles. The Labute approximate surface area is 112 Å². The maximum atomic E-state index is 13.3. The molecule has 0 bridgehead atoms. The number of hydrogen-bond donors (Lipinski definition) is 1. The zero-order chi connectivity index (χ0) is 14.3. The van der Waals surface area contributed by atoms with Crippen LogP contribution in [-0.2, 0) is 0 Å².